The second-order valence-corrected chi connectivity index (χ2v) is 9.19. The van der Waals surface area contributed by atoms with Gasteiger partial charge in [0, 0.05) is 12.5 Å². The second-order valence-electron chi connectivity index (χ2n) is 9.19. The van der Waals surface area contributed by atoms with E-state index in [9.17, 15) is 23.2 Å². The summed E-state index contributed by atoms with van der Waals surface area (Å²) >= 11 is 0. The van der Waals surface area contributed by atoms with Crippen LogP contribution in [0.5, 0.6) is 0 Å². The lowest BCUT2D eigenvalue weighted by Gasteiger charge is -2.27. The first kappa shape index (κ1) is 24.6. The molecule has 9 heteroatoms. The van der Waals surface area contributed by atoms with Crippen LogP contribution in [0.3, 0.4) is 0 Å². The summed E-state index contributed by atoms with van der Waals surface area (Å²) in [5.41, 5.74) is 4.10. The Bertz CT molecular complexity index is 1070. The maximum absolute atomic E-state index is 15.0. The van der Waals surface area contributed by atoms with Crippen molar-refractivity contribution in [1.29, 1.82) is 0 Å². The Labute approximate surface area is 201 Å². The third-order valence-corrected chi connectivity index (χ3v) is 6.69. The summed E-state index contributed by atoms with van der Waals surface area (Å²) in [5, 5.41) is 13.2. The number of aliphatic carboxylic acids is 1. The van der Waals surface area contributed by atoms with Gasteiger partial charge in [-0.3, -0.25) is 9.59 Å². The zero-order valence-electron chi connectivity index (χ0n) is 19.3. The van der Waals surface area contributed by atoms with Gasteiger partial charge in [-0.15, -0.1) is 0 Å². The number of carboxylic acid groups (broad SMARTS) is 1. The normalized spacial score (nSPS) is 16.5. The monoisotopic (exact) mass is 486 g/mol. The Morgan fingerprint density at radius 1 is 1.06 bits per heavy atom. The average Bonchev–Trinajstić information content (AvgIpc) is 3.63. The molecule has 2 aliphatic rings. The van der Waals surface area contributed by atoms with Crippen molar-refractivity contribution in [3.05, 3.63) is 59.7 Å². The van der Waals surface area contributed by atoms with Crippen LogP contribution in [0.15, 0.2) is 48.5 Å². The van der Waals surface area contributed by atoms with E-state index in [0.717, 1.165) is 22.3 Å². The lowest BCUT2D eigenvalue weighted by Crippen LogP contribution is -2.57. The summed E-state index contributed by atoms with van der Waals surface area (Å²) in [5.74, 6) is -7.99. The van der Waals surface area contributed by atoms with Crippen molar-refractivity contribution in [2.45, 2.75) is 44.1 Å². The predicted molar refractivity (Wildman–Crippen MR) is 124 cm³/mol. The van der Waals surface area contributed by atoms with E-state index in [0.29, 0.717) is 12.8 Å². The summed E-state index contributed by atoms with van der Waals surface area (Å²) in [6.45, 7) is 1.20. The van der Waals surface area contributed by atoms with E-state index in [-0.39, 0.29) is 25.5 Å². The molecule has 0 aromatic heterocycles. The van der Waals surface area contributed by atoms with Gasteiger partial charge >= 0.3 is 18.0 Å². The molecule has 1 fully saturated rings. The van der Waals surface area contributed by atoms with Crippen LogP contribution in [-0.4, -0.2) is 48.2 Å². The summed E-state index contributed by atoms with van der Waals surface area (Å²) in [4.78, 5) is 35.6. The lowest BCUT2D eigenvalue weighted by atomic mass is 9.98. The number of rotatable bonds is 10. The van der Waals surface area contributed by atoms with E-state index < -0.39 is 41.8 Å². The van der Waals surface area contributed by atoms with Crippen molar-refractivity contribution in [3.8, 4) is 11.1 Å². The first-order valence-corrected chi connectivity index (χ1v) is 11.7. The molecule has 4 rings (SSSR count). The molecule has 0 radical (unpaired) electrons. The Hall–Kier alpha value is -3.49. The summed E-state index contributed by atoms with van der Waals surface area (Å²) < 4.78 is 35.3. The predicted octanol–water partition coefficient (Wildman–Crippen LogP) is 4.17. The third-order valence-electron chi connectivity index (χ3n) is 6.69. The Morgan fingerprint density at radius 3 is 2.17 bits per heavy atom. The molecule has 7 nitrogen and oxygen atoms in total. The first-order chi connectivity index (χ1) is 16.7. The highest BCUT2D eigenvalue weighted by Crippen LogP contribution is 2.44. The van der Waals surface area contributed by atoms with Crippen LogP contribution in [0.25, 0.3) is 11.1 Å². The number of fused-ring (bicyclic) bond motifs is 3. The van der Waals surface area contributed by atoms with Crippen LogP contribution in [0.4, 0.5) is 13.6 Å². The fourth-order valence-electron chi connectivity index (χ4n) is 4.49. The lowest BCUT2D eigenvalue weighted by molar-refractivity contribution is -0.151. The van der Waals surface area contributed by atoms with Gasteiger partial charge < -0.3 is 20.5 Å². The van der Waals surface area contributed by atoms with Gasteiger partial charge in [-0.05, 0) is 47.4 Å². The maximum Gasteiger partial charge on any atom is 0.407 e. The number of nitrogens with one attached hydrogen (secondary N) is 2. The zero-order chi connectivity index (χ0) is 25.2. The quantitative estimate of drug-likeness (QED) is 0.468. The van der Waals surface area contributed by atoms with E-state index in [2.05, 4.69) is 10.6 Å². The van der Waals surface area contributed by atoms with Gasteiger partial charge in [0.05, 0.1) is 5.92 Å². The number of carbonyl (C=O) groups is 3. The minimum absolute atomic E-state index is 0.0189. The number of benzene rings is 2. The molecular formula is C26H28F2N2O5. The molecule has 2 aliphatic carbocycles. The SMILES string of the molecule is CC(CCNC(=O)C(F)(F)C(NC(=O)OCC1c2ccccc2-c2ccccc21)C1CC1)C(=O)O. The van der Waals surface area contributed by atoms with E-state index >= 15 is 0 Å². The molecule has 0 bridgehead atoms. The topological polar surface area (TPSA) is 105 Å². The largest absolute Gasteiger partial charge is 0.481 e. The summed E-state index contributed by atoms with van der Waals surface area (Å²) in [7, 11) is 0. The molecule has 0 aliphatic heterocycles. The number of ether oxygens (including phenoxy) is 1. The molecule has 2 unspecified atom stereocenters. The number of hydrogen-bond acceptors (Lipinski definition) is 4. The number of amides is 2. The highest BCUT2D eigenvalue weighted by Gasteiger charge is 2.54. The van der Waals surface area contributed by atoms with Gasteiger partial charge in [-0.2, -0.15) is 8.78 Å². The number of carboxylic acids is 1. The standard InChI is InChI=1S/C26H28F2N2O5/c1-15(23(31)32)12-13-29-24(33)26(27,28)22(16-10-11-16)30-25(34)35-14-21-19-8-4-2-6-17(19)18-7-3-5-9-20(18)21/h2-9,15-16,21-22H,10-14H2,1H3,(H,29,33)(H,30,34)(H,31,32). The van der Waals surface area contributed by atoms with Crippen LogP contribution in [0.1, 0.15) is 43.2 Å². The number of halogens is 2. The second kappa shape index (κ2) is 10.0. The van der Waals surface area contributed by atoms with Crippen LogP contribution in [-0.2, 0) is 14.3 Å². The molecule has 2 aromatic rings. The molecular weight excluding hydrogens is 458 g/mol. The van der Waals surface area contributed by atoms with Crippen molar-refractivity contribution >= 4 is 18.0 Å². The fourth-order valence-corrected chi connectivity index (χ4v) is 4.49. The van der Waals surface area contributed by atoms with E-state index in [1.54, 1.807) is 0 Å². The van der Waals surface area contributed by atoms with E-state index in [4.69, 9.17) is 9.84 Å². The molecule has 0 heterocycles. The molecule has 2 amide bonds. The van der Waals surface area contributed by atoms with Crippen molar-refractivity contribution < 1.29 is 33.0 Å². The molecule has 2 aromatic carbocycles. The fraction of sp³-hybridized carbons (Fsp3) is 0.423. The first-order valence-electron chi connectivity index (χ1n) is 11.7. The van der Waals surface area contributed by atoms with Gasteiger partial charge in [0.25, 0.3) is 5.91 Å². The van der Waals surface area contributed by atoms with Crippen LogP contribution in [0, 0.1) is 11.8 Å². The smallest absolute Gasteiger partial charge is 0.407 e. The van der Waals surface area contributed by atoms with E-state index in [1.807, 2.05) is 48.5 Å². The number of alkyl carbamates (subject to hydrolysis) is 1. The Kier molecular flexibility index (Phi) is 7.05. The minimum Gasteiger partial charge on any atom is -0.481 e. The van der Waals surface area contributed by atoms with Crippen molar-refractivity contribution in [2.24, 2.45) is 11.8 Å². The van der Waals surface area contributed by atoms with Gasteiger partial charge in [0.2, 0.25) is 0 Å². The number of carbonyl (C=O) groups excluding carboxylic acids is 2. The third kappa shape index (κ3) is 5.28. The molecule has 0 saturated heterocycles. The van der Waals surface area contributed by atoms with Crippen LogP contribution < -0.4 is 10.6 Å². The van der Waals surface area contributed by atoms with Crippen molar-refractivity contribution in [3.63, 3.8) is 0 Å². The van der Waals surface area contributed by atoms with Crippen molar-refractivity contribution in [2.75, 3.05) is 13.2 Å². The maximum atomic E-state index is 15.0. The minimum atomic E-state index is -3.86. The van der Waals surface area contributed by atoms with Gasteiger partial charge in [0.15, 0.2) is 0 Å². The average molecular weight is 487 g/mol. The zero-order valence-corrected chi connectivity index (χ0v) is 19.3. The molecule has 1 saturated carbocycles. The molecule has 186 valence electrons. The van der Waals surface area contributed by atoms with Gasteiger partial charge in [0.1, 0.15) is 12.6 Å². The molecule has 0 spiro atoms. The number of hydrogen-bond donors (Lipinski definition) is 3. The van der Waals surface area contributed by atoms with E-state index in [1.165, 1.54) is 6.92 Å². The highest BCUT2D eigenvalue weighted by molar-refractivity contribution is 5.85. The summed E-state index contributed by atoms with van der Waals surface area (Å²) in [6.07, 6.45) is -0.0540. The molecule has 2 atom stereocenters. The van der Waals surface area contributed by atoms with Crippen LogP contribution in [0.2, 0.25) is 0 Å². The Morgan fingerprint density at radius 2 is 1.63 bits per heavy atom. The van der Waals surface area contributed by atoms with Crippen molar-refractivity contribution in [1.82, 2.24) is 10.6 Å². The van der Waals surface area contributed by atoms with Gasteiger partial charge in [-0.1, -0.05) is 55.5 Å². The highest BCUT2D eigenvalue weighted by atomic mass is 19.3. The van der Waals surface area contributed by atoms with Gasteiger partial charge in [-0.25, -0.2) is 4.79 Å². The Balaban J connectivity index is 1.37. The van der Waals surface area contributed by atoms with Crippen LogP contribution >= 0.6 is 0 Å². The number of alkyl halides is 2. The summed E-state index contributed by atoms with van der Waals surface area (Å²) in [6, 6.07) is 13.9. The molecule has 35 heavy (non-hydrogen) atoms. The molecule has 3 N–H and O–H groups in total.